The zero-order valence-electron chi connectivity index (χ0n) is 16.6. The van der Waals surface area contributed by atoms with Gasteiger partial charge in [-0.2, -0.15) is 0 Å². The van der Waals surface area contributed by atoms with Gasteiger partial charge in [-0.25, -0.2) is 4.98 Å². The van der Waals surface area contributed by atoms with Crippen molar-refractivity contribution < 1.29 is 17.5 Å². The van der Waals surface area contributed by atoms with Crippen LogP contribution in [0.25, 0.3) is 11.3 Å². The number of aliphatic hydroxyl groups is 1. The molecular weight excluding hydrogens is 376 g/mol. The van der Waals surface area contributed by atoms with Crippen LogP contribution < -0.4 is 10.1 Å². The number of aliphatic hydroxyl groups excluding tert-OH is 1. The van der Waals surface area contributed by atoms with E-state index in [2.05, 4.69) is 5.32 Å². The highest BCUT2D eigenvalue weighted by atomic mass is 16.5. The van der Waals surface area contributed by atoms with Crippen LogP contribution in [0.3, 0.4) is 0 Å². The van der Waals surface area contributed by atoms with Crippen LogP contribution in [0.5, 0.6) is 5.75 Å². The Morgan fingerprint density at radius 1 is 1.13 bits per heavy atom. The van der Waals surface area contributed by atoms with Crippen molar-refractivity contribution in [3.05, 3.63) is 77.4 Å². The molecule has 0 unspecified atom stereocenters. The molecule has 1 fully saturated rings. The topological polar surface area (TPSA) is 71.5 Å². The highest BCUT2D eigenvalue weighted by Gasteiger charge is 2.51. The Morgan fingerprint density at radius 3 is 2.47 bits per heavy atom. The molecule has 0 radical (unpaired) electrons. The van der Waals surface area contributed by atoms with Crippen molar-refractivity contribution >= 4 is 11.7 Å². The molecule has 2 aromatic carbocycles. The summed E-state index contributed by atoms with van der Waals surface area (Å²) in [6.45, 7) is 1.91. The van der Waals surface area contributed by atoms with E-state index in [1.54, 1.807) is 7.11 Å². The van der Waals surface area contributed by atoms with Gasteiger partial charge in [-0.1, -0.05) is 49.9 Å². The fourth-order valence-corrected chi connectivity index (χ4v) is 3.68. The number of anilines is 1. The molecule has 1 aromatic heterocycles. The second-order valence-corrected chi connectivity index (χ2v) is 7.44. The van der Waals surface area contributed by atoms with E-state index in [-0.39, 0.29) is 22.8 Å². The smallest absolute Gasteiger partial charge is 0.236 e. The third-order valence-corrected chi connectivity index (χ3v) is 5.61. The van der Waals surface area contributed by atoms with Gasteiger partial charge in [0.05, 0.1) is 24.8 Å². The number of hydrogen-bond donors (Lipinski definition) is 2. The molecule has 1 aliphatic rings. The summed E-state index contributed by atoms with van der Waals surface area (Å²) in [6, 6.07) is 19.1. The number of pyridine rings is 1. The Morgan fingerprint density at radius 2 is 1.83 bits per heavy atom. The number of nitrogens with zero attached hydrogens (tertiary/aromatic N) is 1. The minimum Gasteiger partial charge on any atom is -0.497 e. The van der Waals surface area contributed by atoms with Gasteiger partial charge < -0.3 is 15.2 Å². The molecule has 5 nitrogen and oxygen atoms in total. The summed E-state index contributed by atoms with van der Waals surface area (Å²) in [4.78, 5) is 17.8. The van der Waals surface area contributed by atoms with Crippen LogP contribution in [-0.2, 0) is 16.8 Å². The van der Waals surface area contributed by atoms with Gasteiger partial charge in [-0.05, 0) is 54.7 Å². The van der Waals surface area contributed by atoms with E-state index < -0.39 is 5.41 Å². The molecule has 2 N–H and O–H groups in total. The van der Waals surface area contributed by atoms with E-state index in [0.29, 0.717) is 5.82 Å². The molecule has 0 bridgehead atoms. The molecule has 3 aromatic rings. The van der Waals surface area contributed by atoms with Gasteiger partial charge in [0.25, 0.3) is 0 Å². The van der Waals surface area contributed by atoms with Crippen molar-refractivity contribution in [3.63, 3.8) is 0 Å². The van der Waals surface area contributed by atoms with Gasteiger partial charge in [0, 0.05) is 8.42 Å². The van der Waals surface area contributed by atoms with Crippen molar-refractivity contribution in [2.45, 2.75) is 39.2 Å². The predicted molar refractivity (Wildman–Crippen MR) is 124 cm³/mol. The second kappa shape index (κ2) is 8.67. The molecule has 0 spiro atoms. The van der Waals surface area contributed by atoms with Crippen LogP contribution in [0.1, 0.15) is 39.8 Å². The number of hydrogen-bond acceptors (Lipinski definition) is 4. The molecule has 160 valence electrons. The Hall–Kier alpha value is -3.18. The first-order valence-corrected chi connectivity index (χ1v) is 9.70. The normalized spacial score (nSPS) is 13.8. The monoisotopic (exact) mass is 408 g/mol. The standard InChI is InChI=1S/C24H24N2O3.CH4.2H2/c1-16-7-12-21(25-22(16)20-6-4-3-5-17(20)15-27)26-23(28)24(13-14-24)18-8-10-19(29-2)11-9-18;;;/h3-12,27H,13-15H2,1-2H3,(H,25,26,28);1H4;2*1H. The van der Waals surface area contributed by atoms with E-state index in [1.807, 2.05) is 67.6 Å². The maximum Gasteiger partial charge on any atom is 0.236 e. The Labute approximate surface area is 180 Å². The van der Waals surface area contributed by atoms with E-state index in [4.69, 9.17) is 9.72 Å². The van der Waals surface area contributed by atoms with Gasteiger partial charge in [0.15, 0.2) is 0 Å². The fraction of sp³-hybridized carbons (Fsp3) is 0.280. The summed E-state index contributed by atoms with van der Waals surface area (Å²) in [5.74, 6) is 1.25. The molecule has 1 aliphatic carbocycles. The third kappa shape index (κ3) is 3.94. The molecule has 0 atom stereocenters. The molecule has 1 saturated carbocycles. The number of ether oxygens (including phenoxy) is 1. The number of rotatable bonds is 6. The zero-order chi connectivity index (χ0) is 20.4. The van der Waals surface area contributed by atoms with Gasteiger partial charge in [0.1, 0.15) is 11.6 Å². The summed E-state index contributed by atoms with van der Waals surface area (Å²) >= 11 is 0. The summed E-state index contributed by atoms with van der Waals surface area (Å²) in [6.07, 6.45) is 1.63. The van der Waals surface area contributed by atoms with Crippen LogP contribution in [-0.4, -0.2) is 23.1 Å². The highest BCUT2D eigenvalue weighted by Crippen LogP contribution is 2.49. The fourth-order valence-electron chi connectivity index (χ4n) is 3.68. The predicted octanol–water partition coefficient (Wildman–Crippen LogP) is 5.36. The van der Waals surface area contributed by atoms with E-state index in [9.17, 15) is 9.90 Å². The van der Waals surface area contributed by atoms with Gasteiger partial charge in [-0.3, -0.25) is 4.79 Å². The molecular formula is C25H32N2O3. The average molecular weight is 409 g/mol. The first-order valence-electron chi connectivity index (χ1n) is 9.70. The number of amides is 1. The molecule has 30 heavy (non-hydrogen) atoms. The first-order chi connectivity index (χ1) is 14.1. The molecule has 0 saturated heterocycles. The average Bonchev–Trinajstić information content (AvgIpc) is 3.57. The van der Waals surface area contributed by atoms with Gasteiger partial charge >= 0.3 is 0 Å². The number of nitrogens with one attached hydrogen (secondary N) is 1. The molecule has 4 rings (SSSR count). The summed E-state index contributed by atoms with van der Waals surface area (Å²) in [7, 11) is 1.63. The van der Waals surface area contributed by atoms with Crippen LogP contribution in [0.4, 0.5) is 5.82 Å². The molecule has 1 amide bonds. The SMILES string of the molecule is C.COc1ccc(C2(C(=O)Nc3ccc(C)c(-c4ccccc4CO)n3)CC2)cc1.[HH].[HH]. The lowest BCUT2D eigenvalue weighted by Crippen LogP contribution is -2.28. The number of aromatic nitrogens is 1. The minimum atomic E-state index is -0.498. The molecule has 0 aliphatic heterocycles. The van der Waals surface area contributed by atoms with Crippen molar-refractivity contribution in [2.24, 2.45) is 0 Å². The van der Waals surface area contributed by atoms with Crippen molar-refractivity contribution in [2.75, 3.05) is 12.4 Å². The number of benzene rings is 2. The second-order valence-electron chi connectivity index (χ2n) is 7.44. The third-order valence-electron chi connectivity index (χ3n) is 5.61. The van der Waals surface area contributed by atoms with Gasteiger partial charge in [0.2, 0.25) is 5.91 Å². The Balaban J connectivity index is 0.00000171. The highest BCUT2D eigenvalue weighted by molar-refractivity contribution is 6.01. The van der Waals surface area contributed by atoms with Crippen molar-refractivity contribution in [1.29, 1.82) is 0 Å². The minimum absolute atomic E-state index is 0. The molecule has 1 heterocycles. The lowest BCUT2D eigenvalue weighted by molar-refractivity contribution is -0.118. The van der Waals surface area contributed by atoms with Crippen LogP contribution >= 0.6 is 0 Å². The maximum absolute atomic E-state index is 13.1. The van der Waals surface area contributed by atoms with Crippen LogP contribution in [0.2, 0.25) is 0 Å². The van der Waals surface area contributed by atoms with Crippen molar-refractivity contribution in [3.8, 4) is 17.0 Å². The van der Waals surface area contributed by atoms with Crippen LogP contribution in [0, 0.1) is 6.92 Å². The molecule has 5 heteroatoms. The summed E-state index contributed by atoms with van der Waals surface area (Å²) in [5.41, 5.74) is 3.93. The van der Waals surface area contributed by atoms with Crippen LogP contribution in [0.15, 0.2) is 60.7 Å². The lowest BCUT2D eigenvalue weighted by Gasteiger charge is -2.17. The van der Waals surface area contributed by atoms with E-state index in [0.717, 1.165) is 46.5 Å². The summed E-state index contributed by atoms with van der Waals surface area (Å²) < 4.78 is 5.22. The first kappa shape index (κ1) is 21.5. The lowest BCUT2D eigenvalue weighted by atomic mass is 9.95. The van der Waals surface area contributed by atoms with E-state index in [1.165, 1.54) is 0 Å². The zero-order valence-corrected chi connectivity index (χ0v) is 16.6. The Bertz CT molecular complexity index is 1050. The summed E-state index contributed by atoms with van der Waals surface area (Å²) in [5, 5.41) is 12.7. The van der Waals surface area contributed by atoms with Gasteiger partial charge in [-0.15, -0.1) is 0 Å². The number of carbonyl (C=O) groups is 1. The number of methoxy groups -OCH3 is 1. The number of carbonyl (C=O) groups excluding carboxylic acids is 1. The quantitative estimate of drug-likeness (QED) is 0.576. The Kier molecular flexibility index (Phi) is 6.22. The van der Waals surface area contributed by atoms with E-state index >= 15 is 0 Å². The van der Waals surface area contributed by atoms with Crippen molar-refractivity contribution in [1.82, 2.24) is 4.98 Å². The maximum atomic E-state index is 13.1. The largest absolute Gasteiger partial charge is 0.497 e. The number of aryl methyl sites for hydroxylation is 1.